The predicted octanol–water partition coefficient (Wildman–Crippen LogP) is 4.09. The van der Waals surface area contributed by atoms with Gasteiger partial charge in [-0.1, -0.05) is 48.5 Å². The van der Waals surface area contributed by atoms with Gasteiger partial charge in [0.2, 0.25) is 5.91 Å². The van der Waals surface area contributed by atoms with E-state index in [2.05, 4.69) is 10.6 Å². The Balaban J connectivity index is 1.41. The maximum Gasteiger partial charge on any atom is 0.319 e. The van der Waals surface area contributed by atoms with Gasteiger partial charge in [-0.25, -0.2) is 4.79 Å². The number of ether oxygens (including phenoxy) is 1. The van der Waals surface area contributed by atoms with E-state index >= 15 is 0 Å². The van der Waals surface area contributed by atoms with Crippen molar-refractivity contribution in [3.8, 4) is 5.75 Å². The lowest BCUT2D eigenvalue weighted by molar-refractivity contribution is -0.117. The molecule has 0 aliphatic rings. The van der Waals surface area contributed by atoms with Crippen LogP contribution < -0.4 is 20.3 Å². The van der Waals surface area contributed by atoms with Crippen molar-refractivity contribution in [3.63, 3.8) is 0 Å². The number of urea groups is 1. The Kier molecular flexibility index (Phi) is 7.44. The van der Waals surface area contributed by atoms with Crippen LogP contribution >= 0.6 is 0 Å². The number of para-hydroxylation sites is 2. The second-order valence-corrected chi connectivity index (χ2v) is 6.70. The summed E-state index contributed by atoms with van der Waals surface area (Å²) in [5.41, 5.74) is 2.39. The van der Waals surface area contributed by atoms with Gasteiger partial charge in [-0.3, -0.25) is 4.79 Å². The summed E-state index contributed by atoms with van der Waals surface area (Å²) in [7, 11) is 1.76. The van der Waals surface area contributed by atoms with Crippen molar-refractivity contribution in [2.75, 3.05) is 30.4 Å². The van der Waals surface area contributed by atoms with E-state index in [4.69, 9.17) is 4.74 Å². The molecule has 0 fully saturated rings. The minimum atomic E-state index is -0.306. The summed E-state index contributed by atoms with van der Waals surface area (Å²) in [6.07, 6.45) is 0.286. The van der Waals surface area contributed by atoms with Crippen molar-refractivity contribution in [3.05, 3.63) is 90.5 Å². The van der Waals surface area contributed by atoms with Crippen LogP contribution in [-0.2, 0) is 11.2 Å². The van der Waals surface area contributed by atoms with E-state index in [0.29, 0.717) is 18.8 Å². The largest absolute Gasteiger partial charge is 0.492 e. The Bertz CT molecular complexity index is 944. The van der Waals surface area contributed by atoms with Crippen LogP contribution in [0.3, 0.4) is 0 Å². The number of hydrogen-bond acceptors (Lipinski definition) is 3. The first-order valence-corrected chi connectivity index (χ1v) is 9.75. The average molecular weight is 403 g/mol. The van der Waals surface area contributed by atoms with Crippen LogP contribution in [0.5, 0.6) is 5.75 Å². The molecule has 0 radical (unpaired) electrons. The van der Waals surface area contributed by atoms with Crippen LogP contribution in [0.2, 0.25) is 0 Å². The maximum atomic E-state index is 12.5. The molecule has 2 N–H and O–H groups in total. The summed E-state index contributed by atoms with van der Waals surface area (Å²) in [5.74, 6) is 0.765. The molecule has 3 aromatic rings. The predicted molar refractivity (Wildman–Crippen MR) is 119 cm³/mol. The van der Waals surface area contributed by atoms with E-state index in [1.807, 2.05) is 72.8 Å². The summed E-state index contributed by atoms with van der Waals surface area (Å²) < 4.78 is 5.53. The third-order valence-electron chi connectivity index (χ3n) is 4.48. The molecule has 154 valence electrons. The molecule has 0 bridgehead atoms. The minimum Gasteiger partial charge on any atom is -0.492 e. The lowest BCUT2D eigenvalue weighted by atomic mass is 10.1. The molecule has 0 saturated carbocycles. The van der Waals surface area contributed by atoms with Gasteiger partial charge in [0.05, 0.1) is 13.0 Å². The fourth-order valence-electron chi connectivity index (χ4n) is 2.82. The number of likely N-dealkylation sites (N-methyl/N-ethyl adjacent to an activating group) is 1. The van der Waals surface area contributed by atoms with Crippen LogP contribution in [0.1, 0.15) is 5.56 Å². The lowest BCUT2D eigenvalue weighted by Gasteiger charge is -2.17. The Morgan fingerprint density at radius 3 is 2.17 bits per heavy atom. The summed E-state index contributed by atoms with van der Waals surface area (Å²) in [5, 5.41) is 5.51. The molecular formula is C24H25N3O3. The van der Waals surface area contributed by atoms with Gasteiger partial charge in [-0.05, 0) is 42.0 Å². The number of amides is 3. The monoisotopic (exact) mass is 403 g/mol. The number of rotatable bonds is 8. The maximum absolute atomic E-state index is 12.5. The van der Waals surface area contributed by atoms with Crippen molar-refractivity contribution in [2.24, 2.45) is 0 Å². The average Bonchev–Trinajstić information content (AvgIpc) is 2.79. The molecule has 3 aromatic carbocycles. The van der Waals surface area contributed by atoms with Gasteiger partial charge in [0.1, 0.15) is 12.4 Å². The highest BCUT2D eigenvalue weighted by Gasteiger charge is 2.11. The van der Waals surface area contributed by atoms with Crippen molar-refractivity contribution in [1.29, 1.82) is 0 Å². The zero-order valence-corrected chi connectivity index (χ0v) is 16.9. The van der Waals surface area contributed by atoms with Gasteiger partial charge < -0.3 is 20.3 Å². The number of carbonyl (C=O) groups excluding carboxylic acids is 2. The molecule has 0 atom stereocenters. The number of nitrogens with zero attached hydrogens (tertiary/aromatic N) is 1. The molecule has 0 aliphatic carbocycles. The standard InChI is InChI=1S/C24H25N3O3/c1-27(21-8-4-2-5-9-21)23(28)18-19-12-14-20(15-13-19)26-24(29)25-16-17-30-22-10-6-3-7-11-22/h2-15H,16-18H2,1H3,(H2,25,26,29). The third kappa shape index (κ3) is 6.38. The summed E-state index contributed by atoms with van der Waals surface area (Å²) in [6, 6.07) is 25.9. The number of nitrogens with one attached hydrogen (secondary N) is 2. The van der Waals surface area contributed by atoms with E-state index in [1.54, 1.807) is 24.1 Å². The first-order valence-electron chi connectivity index (χ1n) is 9.75. The van der Waals surface area contributed by atoms with E-state index in [9.17, 15) is 9.59 Å². The Labute approximate surface area is 176 Å². The van der Waals surface area contributed by atoms with Gasteiger partial charge in [0, 0.05) is 18.4 Å². The number of hydrogen-bond donors (Lipinski definition) is 2. The van der Waals surface area contributed by atoms with Crippen molar-refractivity contribution in [1.82, 2.24) is 5.32 Å². The molecule has 0 aromatic heterocycles. The van der Waals surface area contributed by atoms with Crippen LogP contribution in [0.15, 0.2) is 84.9 Å². The summed E-state index contributed by atoms with van der Waals surface area (Å²) >= 11 is 0. The fourth-order valence-corrected chi connectivity index (χ4v) is 2.82. The van der Waals surface area contributed by atoms with Crippen molar-refractivity contribution < 1.29 is 14.3 Å². The highest BCUT2D eigenvalue weighted by atomic mass is 16.5. The van der Waals surface area contributed by atoms with Gasteiger partial charge in [-0.2, -0.15) is 0 Å². The normalized spacial score (nSPS) is 10.2. The molecule has 0 unspecified atom stereocenters. The Morgan fingerprint density at radius 1 is 0.867 bits per heavy atom. The smallest absolute Gasteiger partial charge is 0.319 e. The fraction of sp³-hybridized carbons (Fsp3) is 0.167. The van der Waals surface area contributed by atoms with E-state index < -0.39 is 0 Å². The molecule has 30 heavy (non-hydrogen) atoms. The molecule has 6 heteroatoms. The minimum absolute atomic E-state index is 0.00179. The molecule has 6 nitrogen and oxygen atoms in total. The van der Waals surface area contributed by atoms with Crippen molar-refractivity contribution in [2.45, 2.75) is 6.42 Å². The Hall–Kier alpha value is -3.80. The first kappa shape index (κ1) is 20.9. The summed E-state index contributed by atoms with van der Waals surface area (Å²) in [6.45, 7) is 0.770. The second-order valence-electron chi connectivity index (χ2n) is 6.70. The Morgan fingerprint density at radius 2 is 1.50 bits per heavy atom. The molecule has 3 rings (SSSR count). The third-order valence-corrected chi connectivity index (χ3v) is 4.48. The summed E-state index contributed by atoms with van der Waals surface area (Å²) in [4.78, 5) is 26.1. The molecule has 0 spiro atoms. The van der Waals surface area contributed by atoms with Crippen LogP contribution in [0, 0.1) is 0 Å². The quantitative estimate of drug-likeness (QED) is 0.557. The van der Waals surface area contributed by atoms with Gasteiger partial charge >= 0.3 is 6.03 Å². The molecule has 0 heterocycles. The second kappa shape index (κ2) is 10.7. The zero-order valence-electron chi connectivity index (χ0n) is 16.9. The van der Waals surface area contributed by atoms with Gasteiger partial charge in [0.15, 0.2) is 0 Å². The lowest BCUT2D eigenvalue weighted by Crippen LogP contribution is -2.32. The van der Waals surface area contributed by atoms with E-state index in [0.717, 1.165) is 17.0 Å². The highest BCUT2D eigenvalue weighted by molar-refractivity contribution is 5.94. The van der Waals surface area contributed by atoms with Crippen LogP contribution in [0.25, 0.3) is 0 Å². The van der Waals surface area contributed by atoms with Gasteiger partial charge in [0.25, 0.3) is 0 Å². The number of carbonyl (C=O) groups is 2. The number of benzene rings is 3. The zero-order chi connectivity index (χ0) is 21.2. The van der Waals surface area contributed by atoms with E-state index in [1.165, 1.54) is 0 Å². The SMILES string of the molecule is CN(C(=O)Cc1ccc(NC(=O)NCCOc2ccccc2)cc1)c1ccccc1. The van der Waals surface area contributed by atoms with Crippen molar-refractivity contribution >= 4 is 23.3 Å². The van der Waals surface area contributed by atoms with E-state index in [-0.39, 0.29) is 18.4 Å². The number of anilines is 2. The molecule has 3 amide bonds. The van der Waals surface area contributed by atoms with Gasteiger partial charge in [-0.15, -0.1) is 0 Å². The topological polar surface area (TPSA) is 70.7 Å². The molecular weight excluding hydrogens is 378 g/mol. The first-order chi connectivity index (χ1) is 14.6. The van der Waals surface area contributed by atoms with Crippen LogP contribution in [-0.4, -0.2) is 32.1 Å². The highest BCUT2D eigenvalue weighted by Crippen LogP contribution is 2.15. The molecule has 0 saturated heterocycles. The van der Waals surface area contributed by atoms with Crippen LogP contribution in [0.4, 0.5) is 16.2 Å². The molecule has 0 aliphatic heterocycles.